The summed E-state index contributed by atoms with van der Waals surface area (Å²) in [6, 6.07) is 24.9. The van der Waals surface area contributed by atoms with Crippen molar-refractivity contribution in [1.29, 1.82) is 0 Å². The molecule has 1 heterocycles. The third-order valence-electron chi connectivity index (χ3n) is 6.08. The summed E-state index contributed by atoms with van der Waals surface area (Å²) < 4.78 is 2.26. The molecule has 0 aliphatic heterocycles. The van der Waals surface area contributed by atoms with E-state index < -0.39 is 11.4 Å². The lowest BCUT2D eigenvalue weighted by atomic mass is 9.88. The minimum absolute atomic E-state index is 0.0374. The molecule has 4 rings (SSSR count). The van der Waals surface area contributed by atoms with Gasteiger partial charge in [-0.1, -0.05) is 80.9 Å². The van der Waals surface area contributed by atoms with Crippen LogP contribution in [0.25, 0.3) is 22.0 Å². The molecule has 0 amide bonds. The topological polar surface area (TPSA) is 42.2 Å². The minimum atomic E-state index is -0.901. The summed E-state index contributed by atoms with van der Waals surface area (Å²) in [7, 11) is 0. The number of carbonyl (C=O) groups is 1. The Morgan fingerprint density at radius 1 is 0.914 bits per heavy atom. The number of halogens is 1. The first-order chi connectivity index (χ1) is 16.4. The van der Waals surface area contributed by atoms with Gasteiger partial charge in [-0.15, -0.1) is 11.8 Å². The van der Waals surface area contributed by atoms with Crippen LogP contribution in [0.3, 0.4) is 0 Å². The van der Waals surface area contributed by atoms with Gasteiger partial charge in [-0.25, -0.2) is 0 Å². The average Bonchev–Trinajstić information content (AvgIpc) is 3.06. The van der Waals surface area contributed by atoms with Gasteiger partial charge in [0, 0.05) is 44.2 Å². The third-order valence-corrected chi connectivity index (χ3v) is 7.60. The number of nitrogens with zero attached hydrogens (tertiary/aromatic N) is 1. The fraction of sp³-hybridized carbons (Fsp3) is 0.300. The predicted octanol–water partition coefficient (Wildman–Crippen LogP) is 8.55. The summed E-state index contributed by atoms with van der Waals surface area (Å²) in [6.07, 6.45) is 0.434. The smallest absolute Gasteiger partial charge is 0.309 e. The summed E-state index contributed by atoms with van der Waals surface area (Å²) in [4.78, 5) is 13.3. The van der Waals surface area contributed by atoms with Crippen LogP contribution in [0, 0.1) is 5.41 Å². The van der Waals surface area contributed by atoms with Gasteiger partial charge in [-0.2, -0.15) is 0 Å². The highest BCUT2D eigenvalue weighted by Crippen LogP contribution is 2.44. The molecule has 1 N–H and O–H groups in total. The number of fused-ring (bicyclic) bond motifs is 1. The van der Waals surface area contributed by atoms with Crippen LogP contribution in [0.4, 0.5) is 0 Å². The molecule has 0 bridgehead atoms. The molecular formula is C30H32ClNO2S. The highest BCUT2D eigenvalue weighted by atomic mass is 35.5. The van der Waals surface area contributed by atoms with Crippen LogP contribution in [-0.2, 0) is 17.8 Å². The Morgan fingerprint density at radius 3 is 2.17 bits per heavy atom. The Morgan fingerprint density at radius 2 is 1.57 bits per heavy atom. The van der Waals surface area contributed by atoms with Gasteiger partial charge in [0.15, 0.2) is 0 Å². The maximum Gasteiger partial charge on any atom is 0.309 e. The molecule has 0 unspecified atom stereocenters. The molecule has 3 nitrogen and oxygen atoms in total. The zero-order valence-electron chi connectivity index (χ0n) is 20.9. The van der Waals surface area contributed by atoms with E-state index in [1.807, 2.05) is 42.1 Å². The quantitative estimate of drug-likeness (QED) is 0.256. The molecule has 3 aromatic carbocycles. The Hall–Kier alpha value is -2.69. The van der Waals surface area contributed by atoms with Gasteiger partial charge >= 0.3 is 5.97 Å². The van der Waals surface area contributed by atoms with Crippen molar-refractivity contribution < 1.29 is 9.90 Å². The predicted molar refractivity (Wildman–Crippen MR) is 149 cm³/mol. The van der Waals surface area contributed by atoms with Crippen LogP contribution < -0.4 is 0 Å². The number of carboxylic acid groups (broad SMARTS) is 1. The van der Waals surface area contributed by atoms with Gasteiger partial charge in [-0.05, 0) is 54.8 Å². The number of hydrogen-bond acceptors (Lipinski definition) is 2. The maximum atomic E-state index is 12.2. The van der Waals surface area contributed by atoms with Crippen LogP contribution in [-0.4, -0.2) is 20.4 Å². The molecule has 1 aromatic heterocycles. The lowest BCUT2D eigenvalue weighted by Gasteiger charge is -2.24. The van der Waals surface area contributed by atoms with Crippen molar-refractivity contribution in [2.45, 2.75) is 57.2 Å². The third kappa shape index (κ3) is 5.76. The first kappa shape index (κ1) is 25.4. The summed E-state index contributed by atoms with van der Waals surface area (Å²) in [5.41, 5.74) is 4.72. The van der Waals surface area contributed by atoms with Crippen LogP contribution in [0.15, 0.2) is 77.7 Å². The SMILES string of the molecule is CC(C)(C)Sc1c(CC(C)(C)C(=O)O)n(Cc2ccc(Cl)cc2)c2ccc(-c3ccccc3)cc12. The number of benzene rings is 3. The van der Waals surface area contributed by atoms with Gasteiger partial charge in [0.2, 0.25) is 0 Å². The molecular weight excluding hydrogens is 474 g/mol. The Balaban J connectivity index is 1.98. The van der Waals surface area contributed by atoms with Crippen molar-refractivity contribution >= 4 is 40.2 Å². The van der Waals surface area contributed by atoms with Gasteiger partial charge < -0.3 is 9.67 Å². The van der Waals surface area contributed by atoms with Crippen molar-refractivity contribution in [1.82, 2.24) is 4.57 Å². The zero-order valence-corrected chi connectivity index (χ0v) is 22.5. The van der Waals surface area contributed by atoms with E-state index in [2.05, 4.69) is 67.8 Å². The van der Waals surface area contributed by atoms with E-state index >= 15 is 0 Å². The number of hydrogen-bond donors (Lipinski definition) is 1. The normalized spacial score (nSPS) is 12.3. The fourth-order valence-corrected chi connectivity index (χ4v) is 5.54. The molecule has 0 saturated heterocycles. The molecule has 0 spiro atoms. The summed E-state index contributed by atoms with van der Waals surface area (Å²) in [6.45, 7) is 10.9. The van der Waals surface area contributed by atoms with E-state index in [4.69, 9.17) is 11.6 Å². The monoisotopic (exact) mass is 505 g/mol. The molecule has 0 saturated carbocycles. The molecule has 0 radical (unpaired) electrons. The minimum Gasteiger partial charge on any atom is -0.481 e. The number of thioether (sulfide) groups is 1. The molecule has 0 fully saturated rings. The van der Waals surface area contributed by atoms with Crippen molar-refractivity contribution in [3.8, 4) is 11.1 Å². The van der Waals surface area contributed by atoms with E-state index in [-0.39, 0.29) is 4.75 Å². The second-order valence-electron chi connectivity index (χ2n) is 10.7. The molecule has 4 aromatic rings. The van der Waals surface area contributed by atoms with Crippen LogP contribution >= 0.6 is 23.4 Å². The highest BCUT2D eigenvalue weighted by molar-refractivity contribution is 8.00. The van der Waals surface area contributed by atoms with Crippen molar-refractivity contribution in [3.05, 3.63) is 89.1 Å². The molecule has 0 aliphatic rings. The summed E-state index contributed by atoms with van der Waals surface area (Å²) in [5, 5.41) is 11.8. The lowest BCUT2D eigenvalue weighted by Crippen LogP contribution is -2.28. The Bertz CT molecular complexity index is 1350. The number of aromatic nitrogens is 1. The number of carboxylic acids is 1. The second kappa shape index (κ2) is 9.75. The number of aliphatic carboxylic acids is 1. The van der Waals surface area contributed by atoms with Crippen molar-refractivity contribution in [2.75, 3.05) is 0 Å². The number of rotatable bonds is 7. The lowest BCUT2D eigenvalue weighted by molar-refractivity contribution is -0.146. The van der Waals surface area contributed by atoms with Crippen LogP contribution in [0.1, 0.15) is 45.9 Å². The van der Waals surface area contributed by atoms with Gasteiger partial charge in [0.05, 0.1) is 5.41 Å². The van der Waals surface area contributed by atoms with E-state index in [0.717, 1.165) is 32.6 Å². The van der Waals surface area contributed by atoms with E-state index in [1.165, 1.54) is 5.56 Å². The van der Waals surface area contributed by atoms with E-state index in [1.54, 1.807) is 13.8 Å². The molecule has 182 valence electrons. The Labute approximate surface area is 217 Å². The van der Waals surface area contributed by atoms with Gasteiger partial charge in [0.1, 0.15) is 0 Å². The maximum absolute atomic E-state index is 12.2. The van der Waals surface area contributed by atoms with Gasteiger partial charge in [0.25, 0.3) is 0 Å². The second-order valence-corrected chi connectivity index (χ2v) is 12.9. The van der Waals surface area contributed by atoms with Crippen molar-refractivity contribution in [2.24, 2.45) is 5.41 Å². The highest BCUT2D eigenvalue weighted by Gasteiger charge is 2.32. The first-order valence-corrected chi connectivity index (χ1v) is 13.0. The van der Waals surface area contributed by atoms with Crippen LogP contribution in [0.2, 0.25) is 5.02 Å². The average molecular weight is 506 g/mol. The van der Waals surface area contributed by atoms with Gasteiger partial charge in [-0.3, -0.25) is 4.79 Å². The van der Waals surface area contributed by atoms with Crippen molar-refractivity contribution in [3.63, 3.8) is 0 Å². The van der Waals surface area contributed by atoms with E-state index in [9.17, 15) is 9.90 Å². The summed E-state index contributed by atoms with van der Waals surface area (Å²) >= 11 is 7.95. The zero-order chi connectivity index (χ0) is 25.4. The molecule has 5 heteroatoms. The fourth-order valence-electron chi connectivity index (χ4n) is 4.23. The standard InChI is InChI=1S/C30H32ClNO2S/c1-29(2,3)35-27-24-17-22(21-9-7-6-8-10-21)13-16-25(24)32(19-20-11-14-23(31)15-12-20)26(27)18-30(4,5)28(33)34/h6-17H,18-19H2,1-5H3,(H,33,34). The Kier molecular flexibility index (Phi) is 7.08. The molecule has 0 atom stereocenters. The van der Waals surface area contributed by atoms with Crippen LogP contribution in [0.5, 0.6) is 0 Å². The summed E-state index contributed by atoms with van der Waals surface area (Å²) in [5.74, 6) is -0.794. The molecule has 0 aliphatic carbocycles. The first-order valence-electron chi connectivity index (χ1n) is 11.8. The largest absolute Gasteiger partial charge is 0.481 e. The molecule has 35 heavy (non-hydrogen) atoms. The van der Waals surface area contributed by atoms with E-state index in [0.29, 0.717) is 18.0 Å².